The predicted molar refractivity (Wildman–Crippen MR) is 150 cm³/mol. The van der Waals surface area contributed by atoms with Crippen molar-refractivity contribution in [2.45, 2.75) is 44.6 Å². The van der Waals surface area contributed by atoms with E-state index in [9.17, 15) is 9.59 Å². The van der Waals surface area contributed by atoms with Crippen LogP contribution in [0.1, 0.15) is 49.1 Å². The maximum Gasteiger partial charge on any atom is 0.225 e. The minimum atomic E-state index is 0. The lowest BCUT2D eigenvalue weighted by Crippen LogP contribution is -2.44. The highest BCUT2D eigenvalue weighted by Gasteiger charge is 2.46. The van der Waals surface area contributed by atoms with E-state index in [0.717, 1.165) is 76.3 Å². The molecule has 0 bridgehead atoms. The van der Waals surface area contributed by atoms with Crippen LogP contribution in [0, 0.1) is 17.3 Å². The van der Waals surface area contributed by atoms with Crippen LogP contribution in [0.25, 0.3) is 0 Å². The molecule has 4 fully saturated rings. The van der Waals surface area contributed by atoms with Crippen LogP contribution in [-0.4, -0.2) is 72.9 Å². The molecule has 4 aliphatic rings. The van der Waals surface area contributed by atoms with Crippen LogP contribution in [0.2, 0.25) is 0 Å². The predicted octanol–water partition coefficient (Wildman–Crippen LogP) is 4.58. The van der Waals surface area contributed by atoms with E-state index in [1.54, 1.807) is 7.11 Å². The molecule has 1 spiro atoms. The van der Waals surface area contributed by atoms with Gasteiger partial charge in [-0.2, -0.15) is 0 Å². The number of carbonyl (C=O) groups is 2. The van der Waals surface area contributed by atoms with E-state index in [1.165, 1.54) is 5.56 Å². The zero-order valence-corrected chi connectivity index (χ0v) is 23.2. The smallest absolute Gasteiger partial charge is 0.225 e. The third-order valence-corrected chi connectivity index (χ3v) is 9.25. The highest BCUT2D eigenvalue weighted by Crippen LogP contribution is 2.43. The lowest BCUT2D eigenvalue weighted by Gasteiger charge is -2.40. The van der Waals surface area contributed by atoms with Crippen LogP contribution in [0.15, 0.2) is 54.6 Å². The van der Waals surface area contributed by atoms with Gasteiger partial charge < -0.3 is 19.4 Å². The van der Waals surface area contributed by atoms with Crippen LogP contribution < -0.4 is 4.74 Å². The molecule has 6 rings (SSSR count). The zero-order valence-electron chi connectivity index (χ0n) is 22.4. The fourth-order valence-corrected chi connectivity index (χ4v) is 6.86. The molecule has 2 amide bonds. The molecule has 1 aliphatic carbocycles. The van der Waals surface area contributed by atoms with Gasteiger partial charge >= 0.3 is 0 Å². The molecular weight excluding hydrogens is 498 g/mol. The van der Waals surface area contributed by atoms with Crippen LogP contribution in [-0.2, 0) is 16.1 Å². The summed E-state index contributed by atoms with van der Waals surface area (Å²) in [6.07, 6.45) is 4.96. The first-order valence-electron chi connectivity index (χ1n) is 14.0. The Balaban J connectivity index is 0.00000294. The summed E-state index contributed by atoms with van der Waals surface area (Å²) in [7, 11) is 1.67. The molecule has 3 aliphatic heterocycles. The number of likely N-dealkylation sites (tertiary alicyclic amines) is 3. The number of nitrogens with zero attached hydrogens (tertiary/aromatic N) is 3. The number of amides is 2. The van der Waals surface area contributed by atoms with Crippen molar-refractivity contribution in [3.8, 4) is 5.75 Å². The van der Waals surface area contributed by atoms with Gasteiger partial charge in [-0.25, -0.2) is 0 Å². The van der Waals surface area contributed by atoms with Gasteiger partial charge in [0.1, 0.15) is 5.75 Å². The number of hydrogen-bond acceptors (Lipinski definition) is 4. The van der Waals surface area contributed by atoms with Crippen LogP contribution in [0.4, 0.5) is 0 Å². The standard InChI is InChI=1S/C31H39N3O3.ClH/c1-37-27-11-7-23(8-12-27)18-34-22-31(17-29(34)35)13-15-32(16-14-31)19-26-20-33(30(36)25-9-10-25)21-28(26)24-5-3-2-4-6-24;/h2-8,11-12,25-26,28H,9-10,13-22H2,1H3;1H. The molecule has 0 radical (unpaired) electrons. The molecule has 3 saturated heterocycles. The normalized spacial score (nSPS) is 25.0. The van der Waals surface area contributed by atoms with E-state index in [0.29, 0.717) is 36.6 Å². The number of halogens is 1. The van der Waals surface area contributed by atoms with Gasteiger partial charge in [0.2, 0.25) is 11.8 Å². The first-order chi connectivity index (χ1) is 18.0. The first kappa shape index (κ1) is 27.0. The Morgan fingerprint density at radius 2 is 1.71 bits per heavy atom. The first-order valence-corrected chi connectivity index (χ1v) is 14.0. The number of carbonyl (C=O) groups excluding carboxylic acids is 2. The molecule has 3 heterocycles. The molecule has 38 heavy (non-hydrogen) atoms. The number of ether oxygens (including phenoxy) is 1. The van der Waals surface area contributed by atoms with Gasteiger partial charge in [-0.1, -0.05) is 42.5 Å². The molecule has 2 unspecified atom stereocenters. The van der Waals surface area contributed by atoms with Crippen molar-refractivity contribution in [3.63, 3.8) is 0 Å². The van der Waals surface area contributed by atoms with Crippen LogP contribution >= 0.6 is 12.4 Å². The van der Waals surface area contributed by atoms with Gasteiger partial charge in [-0.3, -0.25) is 9.59 Å². The molecule has 7 heteroatoms. The van der Waals surface area contributed by atoms with E-state index in [1.807, 2.05) is 12.1 Å². The molecule has 2 aromatic carbocycles. The lowest BCUT2D eigenvalue weighted by atomic mass is 9.77. The van der Waals surface area contributed by atoms with Crippen molar-refractivity contribution < 1.29 is 14.3 Å². The lowest BCUT2D eigenvalue weighted by molar-refractivity contribution is -0.131. The van der Waals surface area contributed by atoms with Gasteiger partial charge in [0, 0.05) is 51.0 Å². The second-order valence-electron chi connectivity index (χ2n) is 11.9. The van der Waals surface area contributed by atoms with Crippen molar-refractivity contribution in [1.82, 2.24) is 14.7 Å². The van der Waals surface area contributed by atoms with Crippen molar-refractivity contribution in [2.75, 3.05) is 46.4 Å². The summed E-state index contributed by atoms with van der Waals surface area (Å²) < 4.78 is 5.27. The van der Waals surface area contributed by atoms with E-state index in [2.05, 4.69) is 57.2 Å². The van der Waals surface area contributed by atoms with Crippen molar-refractivity contribution in [3.05, 3.63) is 65.7 Å². The molecule has 6 nitrogen and oxygen atoms in total. The third-order valence-electron chi connectivity index (χ3n) is 9.25. The zero-order chi connectivity index (χ0) is 25.4. The maximum absolute atomic E-state index is 12.9. The van der Waals surface area contributed by atoms with E-state index in [4.69, 9.17) is 4.74 Å². The summed E-state index contributed by atoms with van der Waals surface area (Å²) in [5.74, 6) is 2.67. The second kappa shape index (κ2) is 11.3. The number of methoxy groups -OCH3 is 1. The second-order valence-corrected chi connectivity index (χ2v) is 11.9. The molecule has 0 N–H and O–H groups in total. The fraction of sp³-hybridized carbons (Fsp3) is 0.548. The Kier molecular flexibility index (Phi) is 8.01. The Bertz CT molecular complexity index is 1110. The summed E-state index contributed by atoms with van der Waals surface area (Å²) in [5, 5.41) is 0. The Morgan fingerprint density at radius 1 is 1.00 bits per heavy atom. The molecule has 204 valence electrons. The minimum Gasteiger partial charge on any atom is -0.497 e. The largest absolute Gasteiger partial charge is 0.497 e. The summed E-state index contributed by atoms with van der Waals surface area (Å²) in [6.45, 7) is 6.40. The van der Waals surface area contributed by atoms with Crippen LogP contribution in [0.3, 0.4) is 0 Å². The number of benzene rings is 2. The molecule has 0 aromatic heterocycles. The monoisotopic (exact) mass is 537 g/mol. The highest BCUT2D eigenvalue weighted by molar-refractivity contribution is 5.85. The Hall–Kier alpha value is -2.57. The van der Waals surface area contributed by atoms with E-state index in [-0.39, 0.29) is 23.7 Å². The topological polar surface area (TPSA) is 53.1 Å². The van der Waals surface area contributed by atoms with E-state index < -0.39 is 0 Å². The molecule has 1 saturated carbocycles. The van der Waals surface area contributed by atoms with Gasteiger partial charge in [0.05, 0.1) is 7.11 Å². The SMILES string of the molecule is COc1ccc(CN2CC3(CCN(CC4CN(C(=O)C5CC5)CC4c4ccccc4)CC3)CC2=O)cc1.Cl. The van der Waals surface area contributed by atoms with Gasteiger partial charge in [0.15, 0.2) is 0 Å². The average Bonchev–Trinajstić information content (AvgIpc) is 3.63. The molecular formula is C31H40ClN3O3. The van der Waals surface area contributed by atoms with Gasteiger partial charge in [0.25, 0.3) is 0 Å². The maximum atomic E-state index is 12.9. The van der Waals surface area contributed by atoms with E-state index >= 15 is 0 Å². The van der Waals surface area contributed by atoms with Crippen LogP contribution in [0.5, 0.6) is 5.75 Å². The number of piperidine rings is 1. The average molecular weight is 538 g/mol. The van der Waals surface area contributed by atoms with Gasteiger partial charge in [-0.05, 0) is 73.4 Å². The fourth-order valence-electron chi connectivity index (χ4n) is 6.86. The van der Waals surface area contributed by atoms with Gasteiger partial charge in [-0.15, -0.1) is 12.4 Å². The third kappa shape index (κ3) is 5.72. The van der Waals surface area contributed by atoms with Crippen molar-refractivity contribution in [2.24, 2.45) is 17.3 Å². The highest BCUT2D eigenvalue weighted by atomic mass is 35.5. The number of hydrogen-bond donors (Lipinski definition) is 0. The minimum absolute atomic E-state index is 0. The van der Waals surface area contributed by atoms with Crippen molar-refractivity contribution >= 4 is 24.2 Å². The summed E-state index contributed by atoms with van der Waals surface area (Å²) in [5.41, 5.74) is 2.63. The van der Waals surface area contributed by atoms with Crippen molar-refractivity contribution in [1.29, 1.82) is 0 Å². The summed E-state index contributed by atoms with van der Waals surface area (Å²) in [4.78, 5) is 32.6. The molecule has 2 atom stereocenters. The Labute approximate surface area is 232 Å². The Morgan fingerprint density at radius 3 is 2.37 bits per heavy atom. The summed E-state index contributed by atoms with van der Waals surface area (Å²) >= 11 is 0. The summed E-state index contributed by atoms with van der Waals surface area (Å²) in [6, 6.07) is 18.8. The quantitative estimate of drug-likeness (QED) is 0.518. The number of rotatable bonds is 7. The molecule has 2 aromatic rings.